The fourth-order valence-electron chi connectivity index (χ4n) is 2.26. The number of aromatic nitrogens is 2. The number of benzene rings is 1. The monoisotopic (exact) mass is 301 g/mol. The predicted molar refractivity (Wildman–Crippen MR) is 81.8 cm³/mol. The van der Waals surface area contributed by atoms with Crippen molar-refractivity contribution in [2.75, 3.05) is 0 Å². The van der Waals surface area contributed by atoms with Crippen LogP contribution in [-0.4, -0.2) is 26.8 Å². The lowest BCUT2D eigenvalue weighted by Gasteiger charge is -2.17. The van der Waals surface area contributed by atoms with Gasteiger partial charge in [-0.3, -0.25) is 9.48 Å². The van der Waals surface area contributed by atoms with E-state index >= 15 is 0 Å². The van der Waals surface area contributed by atoms with Gasteiger partial charge in [-0.15, -0.1) is 0 Å². The molecule has 1 amide bonds. The molecule has 1 heterocycles. The van der Waals surface area contributed by atoms with Crippen LogP contribution in [0, 0.1) is 6.92 Å². The number of nitrogens with one attached hydrogen (secondary N) is 1. The standard InChI is InChI=1S/C16H19N3O3/c1-4-13(11-7-5-10(2)6-8-11)17-15(20)14-12(16(21)22)9-19(3)18-14/h5-9,13H,4H2,1-3H3,(H,17,20)(H,21,22)/t13-/m0/s1. The van der Waals surface area contributed by atoms with Crippen LogP contribution in [0.1, 0.15) is 51.4 Å². The molecular formula is C16H19N3O3. The first kappa shape index (κ1) is 15.8. The third-order valence-corrected chi connectivity index (χ3v) is 3.47. The first-order valence-corrected chi connectivity index (χ1v) is 7.06. The summed E-state index contributed by atoms with van der Waals surface area (Å²) < 4.78 is 1.32. The number of rotatable bonds is 5. The molecule has 0 fully saturated rings. The highest BCUT2D eigenvalue weighted by atomic mass is 16.4. The van der Waals surface area contributed by atoms with E-state index < -0.39 is 11.9 Å². The predicted octanol–water partition coefficient (Wildman–Crippen LogP) is 2.31. The Morgan fingerprint density at radius 3 is 2.50 bits per heavy atom. The lowest BCUT2D eigenvalue weighted by molar-refractivity contribution is 0.0690. The zero-order chi connectivity index (χ0) is 16.3. The third kappa shape index (κ3) is 3.33. The van der Waals surface area contributed by atoms with Gasteiger partial charge >= 0.3 is 5.97 Å². The smallest absolute Gasteiger partial charge is 0.339 e. The van der Waals surface area contributed by atoms with Crippen molar-refractivity contribution in [3.05, 3.63) is 52.8 Å². The molecule has 0 saturated heterocycles. The van der Waals surface area contributed by atoms with Crippen molar-refractivity contribution in [2.24, 2.45) is 7.05 Å². The second kappa shape index (κ2) is 6.43. The number of carbonyl (C=O) groups excluding carboxylic acids is 1. The lowest BCUT2D eigenvalue weighted by atomic mass is 10.0. The molecule has 0 unspecified atom stereocenters. The van der Waals surface area contributed by atoms with Gasteiger partial charge < -0.3 is 10.4 Å². The summed E-state index contributed by atoms with van der Waals surface area (Å²) in [4.78, 5) is 23.5. The lowest BCUT2D eigenvalue weighted by Crippen LogP contribution is -2.29. The molecule has 0 aliphatic rings. The van der Waals surface area contributed by atoms with Gasteiger partial charge in [0.2, 0.25) is 0 Å². The van der Waals surface area contributed by atoms with Crippen molar-refractivity contribution in [3.63, 3.8) is 0 Å². The van der Waals surface area contributed by atoms with Gasteiger partial charge in [0.25, 0.3) is 5.91 Å². The Kier molecular flexibility index (Phi) is 4.60. The van der Waals surface area contributed by atoms with Crippen molar-refractivity contribution in [1.82, 2.24) is 15.1 Å². The van der Waals surface area contributed by atoms with Crippen LogP contribution < -0.4 is 5.32 Å². The van der Waals surface area contributed by atoms with Crippen LogP contribution in [0.3, 0.4) is 0 Å². The molecule has 2 aromatic rings. The van der Waals surface area contributed by atoms with Crippen molar-refractivity contribution in [2.45, 2.75) is 26.3 Å². The molecule has 2 rings (SSSR count). The maximum absolute atomic E-state index is 12.3. The third-order valence-electron chi connectivity index (χ3n) is 3.47. The molecule has 6 heteroatoms. The van der Waals surface area contributed by atoms with E-state index in [1.54, 1.807) is 7.05 Å². The van der Waals surface area contributed by atoms with Gasteiger partial charge in [-0.2, -0.15) is 5.10 Å². The van der Waals surface area contributed by atoms with Crippen LogP contribution in [0.5, 0.6) is 0 Å². The van der Waals surface area contributed by atoms with Gasteiger partial charge in [0, 0.05) is 13.2 Å². The van der Waals surface area contributed by atoms with Gasteiger partial charge in [-0.05, 0) is 18.9 Å². The largest absolute Gasteiger partial charge is 0.478 e. The number of carbonyl (C=O) groups is 2. The molecule has 0 radical (unpaired) electrons. The second-order valence-electron chi connectivity index (χ2n) is 5.22. The summed E-state index contributed by atoms with van der Waals surface area (Å²) in [7, 11) is 1.58. The quantitative estimate of drug-likeness (QED) is 0.887. The van der Waals surface area contributed by atoms with Gasteiger partial charge in [0.05, 0.1) is 6.04 Å². The molecule has 0 spiro atoms. The van der Waals surface area contributed by atoms with Crippen LogP contribution in [-0.2, 0) is 7.05 Å². The van der Waals surface area contributed by atoms with Gasteiger partial charge in [-0.1, -0.05) is 36.8 Å². The number of amides is 1. The van der Waals surface area contributed by atoms with Crippen molar-refractivity contribution in [1.29, 1.82) is 0 Å². The van der Waals surface area contributed by atoms with E-state index in [2.05, 4.69) is 10.4 Å². The number of carboxylic acid groups (broad SMARTS) is 1. The molecule has 0 aliphatic heterocycles. The highest BCUT2D eigenvalue weighted by molar-refractivity contribution is 6.03. The van der Waals surface area contributed by atoms with E-state index in [4.69, 9.17) is 5.11 Å². The summed E-state index contributed by atoms with van der Waals surface area (Å²) in [6, 6.07) is 7.69. The zero-order valence-electron chi connectivity index (χ0n) is 12.8. The summed E-state index contributed by atoms with van der Waals surface area (Å²) in [5, 5.41) is 15.9. The minimum Gasteiger partial charge on any atom is -0.478 e. The Morgan fingerprint density at radius 2 is 1.95 bits per heavy atom. The summed E-state index contributed by atoms with van der Waals surface area (Å²) in [5.74, 6) is -1.65. The fraction of sp³-hybridized carbons (Fsp3) is 0.312. The Hall–Kier alpha value is -2.63. The molecule has 2 N–H and O–H groups in total. The zero-order valence-corrected chi connectivity index (χ0v) is 12.8. The van der Waals surface area contributed by atoms with Crippen molar-refractivity contribution in [3.8, 4) is 0 Å². The van der Waals surface area contributed by atoms with Crippen LogP contribution in [0.2, 0.25) is 0 Å². The van der Waals surface area contributed by atoms with E-state index in [9.17, 15) is 9.59 Å². The molecule has 0 aliphatic carbocycles. The second-order valence-corrected chi connectivity index (χ2v) is 5.22. The molecule has 116 valence electrons. The first-order valence-electron chi connectivity index (χ1n) is 7.06. The average Bonchev–Trinajstić information content (AvgIpc) is 2.88. The maximum Gasteiger partial charge on any atom is 0.339 e. The van der Waals surface area contributed by atoms with Gasteiger partial charge in [-0.25, -0.2) is 4.79 Å². The molecule has 1 aromatic heterocycles. The topological polar surface area (TPSA) is 84.2 Å². The van der Waals surface area contributed by atoms with Gasteiger partial charge in [0.1, 0.15) is 5.56 Å². The normalized spacial score (nSPS) is 12.0. The Morgan fingerprint density at radius 1 is 1.32 bits per heavy atom. The molecule has 22 heavy (non-hydrogen) atoms. The first-order chi connectivity index (χ1) is 10.4. The van der Waals surface area contributed by atoms with E-state index in [0.717, 1.165) is 11.1 Å². The molecule has 0 bridgehead atoms. The summed E-state index contributed by atoms with van der Waals surface area (Å²) >= 11 is 0. The van der Waals surface area contributed by atoms with E-state index in [1.165, 1.54) is 10.9 Å². The average molecular weight is 301 g/mol. The minimum absolute atomic E-state index is 0.0689. The Balaban J connectivity index is 2.23. The van der Waals surface area contributed by atoms with E-state index in [0.29, 0.717) is 6.42 Å². The molecule has 1 atom stereocenters. The number of nitrogens with zero attached hydrogens (tertiary/aromatic N) is 2. The SMILES string of the molecule is CC[C@H](NC(=O)c1nn(C)cc1C(=O)O)c1ccc(C)cc1. The van der Waals surface area contributed by atoms with Gasteiger partial charge in [0.15, 0.2) is 5.69 Å². The molecule has 0 saturated carbocycles. The van der Waals surface area contributed by atoms with Crippen molar-refractivity contribution < 1.29 is 14.7 Å². The molecular weight excluding hydrogens is 282 g/mol. The molecule has 6 nitrogen and oxygen atoms in total. The number of aromatic carboxylic acids is 1. The maximum atomic E-state index is 12.3. The molecule has 1 aromatic carbocycles. The summed E-state index contributed by atoms with van der Waals surface area (Å²) in [5.41, 5.74) is 1.95. The van der Waals surface area contributed by atoms with Crippen LogP contribution >= 0.6 is 0 Å². The van der Waals surface area contributed by atoms with Crippen LogP contribution in [0.15, 0.2) is 30.5 Å². The highest BCUT2D eigenvalue weighted by Crippen LogP contribution is 2.18. The highest BCUT2D eigenvalue weighted by Gasteiger charge is 2.23. The Bertz CT molecular complexity index is 689. The minimum atomic E-state index is -1.17. The summed E-state index contributed by atoms with van der Waals surface area (Å²) in [6.45, 7) is 3.96. The number of hydrogen-bond acceptors (Lipinski definition) is 3. The van der Waals surface area contributed by atoms with E-state index in [-0.39, 0.29) is 17.3 Å². The summed E-state index contributed by atoms with van der Waals surface area (Å²) in [6.07, 6.45) is 2.02. The van der Waals surface area contributed by atoms with Crippen LogP contribution in [0.4, 0.5) is 0 Å². The van der Waals surface area contributed by atoms with Crippen LogP contribution in [0.25, 0.3) is 0 Å². The Labute approximate surface area is 128 Å². The number of carboxylic acids is 1. The fourth-order valence-corrected chi connectivity index (χ4v) is 2.26. The van der Waals surface area contributed by atoms with E-state index in [1.807, 2.05) is 38.1 Å². The number of hydrogen-bond donors (Lipinski definition) is 2. The van der Waals surface area contributed by atoms with Crippen molar-refractivity contribution >= 4 is 11.9 Å². The number of aryl methyl sites for hydroxylation is 2.